The van der Waals surface area contributed by atoms with Gasteiger partial charge in [-0.05, 0) is 32.7 Å². The van der Waals surface area contributed by atoms with E-state index in [0.717, 1.165) is 32.4 Å². The third-order valence-corrected chi connectivity index (χ3v) is 3.72. The molecular formula is C13H26N2O2. The van der Waals surface area contributed by atoms with Crippen molar-refractivity contribution in [1.82, 2.24) is 10.2 Å². The molecule has 0 aliphatic carbocycles. The molecule has 4 heteroatoms. The molecule has 1 fully saturated rings. The van der Waals surface area contributed by atoms with Crippen LogP contribution in [0.1, 0.15) is 33.1 Å². The van der Waals surface area contributed by atoms with Crippen molar-refractivity contribution in [2.24, 2.45) is 5.41 Å². The standard InChI is InChI=1S/C13H26N2O2/c1-4-13(7-6-8-14-11-13)12(16)15(3)9-10-17-5-2/h14H,4-11H2,1-3H3. The quantitative estimate of drug-likeness (QED) is 0.713. The van der Waals surface area contributed by atoms with Gasteiger partial charge in [-0.25, -0.2) is 0 Å². The molecule has 0 saturated carbocycles. The summed E-state index contributed by atoms with van der Waals surface area (Å²) >= 11 is 0. The molecule has 0 spiro atoms. The summed E-state index contributed by atoms with van der Waals surface area (Å²) in [7, 11) is 1.88. The summed E-state index contributed by atoms with van der Waals surface area (Å²) in [6.45, 7) is 7.98. The van der Waals surface area contributed by atoms with Crippen LogP contribution in [0.3, 0.4) is 0 Å². The van der Waals surface area contributed by atoms with Crippen molar-refractivity contribution in [3.05, 3.63) is 0 Å². The van der Waals surface area contributed by atoms with Gasteiger partial charge in [0.15, 0.2) is 0 Å². The Morgan fingerprint density at radius 3 is 2.76 bits per heavy atom. The van der Waals surface area contributed by atoms with E-state index >= 15 is 0 Å². The van der Waals surface area contributed by atoms with Gasteiger partial charge in [0.25, 0.3) is 0 Å². The van der Waals surface area contributed by atoms with Crippen molar-refractivity contribution in [2.75, 3.05) is 39.9 Å². The maximum Gasteiger partial charge on any atom is 0.229 e. The smallest absolute Gasteiger partial charge is 0.229 e. The summed E-state index contributed by atoms with van der Waals surface area (Å²) in [4.78, 5) is 14.3. The van der Waals surface area contributed by atoms with E-state index in [1.54, 1.807) is 0 Å². The number of carbonyl (C=O) groups is 1. The Bertz CT molecular complexity index is 238. The molecule has 17 heavy (non-hydrogen) atoms. The number of hydrogen-bond acceptors (Lipinski definition) is 3. The van der Waals surface area contributed by atoms with Gasteiger partial charge in [0.05, 0.1) is 12.0 Å². The lowest BCUT2D eigenvalue weighted by molar-refractivity contribution is -0.142. The molecule has 0 aromatic rings. The number of hydrogen-bond donors (Lipinski definition) is 1. The van der Waals surface area contributed by atoms with E-state index in [9.17, 15) is 4.79 Å². The Labute approximate surface area is 105 Å². The second kappa shape index (κ2) is 6.97. The molecule has 0 bridgehead atoms. The fourth-order valence-corrected chi connectivity index (χ4v) is 2.46. The third-order valence-electron chi connectivity index (χ3n) is 3.72. The van der Waals surface area contributed by atoms with Gasteiger partial charge in [0, 0.05) is 26.7 Å². The third kappa shape index (κ3) is 3.68. The number of piperidine rings is 1. The summed E-state index contributed by atoms with van der Waals surface area (Å²) in [6, 6.07) is 0. The normalized spacial score (nSPS) is 24.6. The molecule has 0 aromatic heterocycles. The SMILES string of the molecule is CCOCCN(C)C(=O)C1(CC)CCCNC1. The van der Waals surface area contributed by atoms with E-state index in [1.165, 1.54) is 0 Å². The van der Waals surface area contributed by atoms with Crippen LogP contribution in [-0.4, -0.2) is 50.7 Å². The number of carbonyl (C=O) groups excluding carboxylic acids is 1. The van der Waals surface area contributed by atoms with Gasteiger partial charge in [0.1, 0.15) is 0 Å². The summed E-state index contributed by atoms with van der Waals surface area (Å²) in [6.07, 6.45) is 3.02. The lowest BCUT2D eigenvalue weighted by atomic mass is 9.77. The lowest BCUT2D eigenvalue weighted by Gasteiger charge is -2.38. The first-order valence-corrected chi connectivity index (χ1v) is 6.70. The van der Waals surface area contributed by atoms with Crippen molar-refractivity contribution in [2.45, 2.75) is 33.1 Å². The Morgan fingerprint density at radius 2 is 2.24 bits per heavy atom. The minimum atomic E-state index is -0.181. The zero-order valence-corrected chi connectivity index (χ0v) is 11.4. The van der Waals surface area contributed by atoms with E-state index in [1.807, 2.05) is 18.9 Å². The van der Waals surface area contributed by atoms with Crippen LogP contribution in [0.15, 0.2) is 0 Å². The monoisotopic (exact) mass is 242 g/mol. The van der Waals surface area contributed by atoms with Crippen LogP contribution in [0.25, 0.3) is 0 Å². The van der Waals surface area contributed by atoms with Crippen molar-refractivity contribution in [1.29, 1.82) is 0 Å². The van der Waals surface area contributed by atoms with Gasteiger partial charge in [0.2, 0.25) is 5.91 Å². The predicted octanol–water partition coefficient (Wildman–Crippen LogP) is 1.26. The van der Waals surface area contributed by atoms with E-state index < -0.39 is 0 Å². The van der Waals surface area contributed by atoms with Gasteiger partial charge >= 0.3 is 0 Å². The zero-order chi connectivity index (χ0) is 12.7. The van der Waals surface area contributed by atoms with Gasteiger partial charge in [-0.15, -0.1) is 0 Å². The molecule has 0 aromatic carbocycles. The van der Waals surface area contributed by atoms with E-state index in [2.05, 4.69) is 12.2 Å². The molecule has 1 unspecified atom stereocenters. The molecule has 1 N–H and O–H groups in total. The Balaban J connectivity index is 2.52. The molecule has 1 saturated heterocycles. The largest absolute Gasteiger partial charge is 0.380 e. The number of nitrogens with zero attached hydrogens (tertiary/aromatic N) is 1. The van der Waals surface area contributed by atoms with Crippen molar-refractivity contribution in [3.8, 4) is 0 Å². The average molecular weight is 242 g/mol. The van der Waals surface area contributed by atoms with Crippen molar-refractivity contribution in [3.63, 3.8) is 0 Å². The molecule has 1 aliphatic heterocycles. The van der Waals surface area contributed by atoms with Crippen LogP contribution < -0.4 is 5.32 Å². The maximum absolute atomic E-state index is 12.5. The topological polar surface area (TPSA) is 41.6 Å². The Kier molecular flexibility index (Phi) is 5.92. The molecule has 1 rings (SSSR count). The van der Waals surface area contributed by atoms with Crippen LogP contribution in [0, 0.1) is 5.41 Å². The van der Waals surface area contributed by atoms with E-state index in [0.29, 0.717) is 19.8 Å². The van der Waals surface area contributed by atoms with Crippen LogP contribution in [-0.2, 0) is 9.53 Å². The van der Waals surface area contributed by atoms with Gasteiger partial charge in [-0.1, -0.05) is 6.92 Å². The van der Waals surface area contributed by atoms with Crippen molar-refractivity contribution < 1.29 is 9.53 Å². The average Bonchev–Trinajstić information content (AvgIpc) is 2.38. The first-order valence-electron chi connectivity index (χ1n) is 6.70. The highest BCUT2D eigenvalue weighted by Gasteiger charge is 2.39. The highest BCUT2D eigenvalue weighted by atomic mass is 16.5. The molecule has 1 heterocycles. The molecule has 1 atom stereocenters. The fourth-order valence-electron chi connectivity index (χ4n) is 2.46. The molecule has 4 nitrogen and oxygen atoms in total. The first-order chi connectivity index (χ1) is 8.16. The maximum atomic E-state index is 12.5. The number of ether oxygens (including phenoxy) is 1. The van der Waals surface area contributed by atoms with E-state index in [-0.39, 0.29) is 11.3 Å². The van der Waals surface area contributed by atoms with Crippen LogP contribution in [0.4, 0.5) is 0 Å². The summed E-state index contributed by atoms with van der Waals surface area (Å²) in [5.41, 5.74) is -0.181. The van der Waals surface area contributed by atoms with Crippen LogP contribution >= 0.6 is 0 Å². The summed E-state index contributed by atoms with van der Waals surface area (Å²) in [5, 5.41) is 3.35. The highest BCUT2D eigenvalue weighted by molar-refractivity contribution is 5.82. The molecule has 100 valence electrons. The van der Waals surface area contributed by atoms with Crippen LogP contribution in [0.2, 0.25) is 0 Å². The summed E-state index contributed by atoms with van der Waals surface area (Å²) < 4.78 is 5.30. The number of rotatable bonds is 6. The zero-order valence-electron chi connectivity index (χ0n) is 11.4. The second-order valence-corrected chi connectivity index (χ2v) is 4.84. The highest BCUT2D eigenvalue weighted by Crippen LogP contribution is 2.31. The summed E-state index contributed by atoms with van der Waals surface area (Å²) in [5.74, 6) is 0.270. The minimum Gasteiger partial charge on any atom is -0.380 e. The first kappa shape index (κ1) is 14.5. The second-order valence-electron chi connectivity index (χ2n) is 4.84. The molecular weight excluding hydrogens is 216 g/mol. The molecule has 0 radical (unpaired) electrons. The number of nitrogens with one attached hydrogen (secondary N) is 1. The van der Waals surface area contributed by atoms with Gasteiger partial charge in [-0.3, -0.25) is 4.79 Å². The Hall–Kier alpha value is -0.610. The predicted molar refractivity (Wildman–Crippen MR) is 69.0 cm³/mol. The number of amides is 1. The molecule has 1 aliphatic rings. The van der Waals surface area contributed by atoms with Crippen LogP contribution in [0.5, 0.6) is 0 Å². The van der Waals surface area contributed by atoms with Gasteiger partial charge in [-0.2, -0.15) is 0 Å². The van der Waals surface area contributed by atoms with Crippen molar-refractivity contribution >= 4 is 5.91 Å². The number of likely N-dealkylation sites (N-methyl/N-ethyl adjacent to an activating group) is 1. The van der Waals surface area contributed by atoms with Gasteiger partial charge < -0.3 is 15.0 Å². The molecule has 1 amide bonds. The lowest BCUT2D eigenvalue weighted by Crippen LogP contribution is -2.51. The van der Waals surface area contributed by atoms with E-state index in [4.69, 9.17) is 4.74 Å². The Morgan fingerprint density at radius 1 is 1.47 bits per heavy atom. The minimum absolute atomic E-state index is 0.181. The fraction of sp³-hybridized carbons (Fsp3) is 0.923.